The van der Waals surface area contributed by atoms with Crippen molar-refractivity contribution in [1.29, 1.82) is 0 Å². The Labute approximate surface area is 321 Å². The van der Waals surface area contributed by atoms with Crippen LogP contribution in [0.5, 0.6) is 23.0 Å². The Morgan fingerprint density at radius 3 is 1.67 bits per heavy atom. The molecule has 14 nitrogen and oxygen atoms in total. The zero-order chi connectivity index (χ0) is 35.5. The number of carbonyl (C=O) groups is 1. The summed E-state index contributed by atoms with van der Waals surface area (Å²) in [5.41, 5.74) is 2.12. The van der Waals surface area contributed by atoms with Crippen molar-refractivity contribution < 1.29 is 57.3 Å². The van der Waals surface area contributed by atoms with E-state index in [2.05, 4.69) is 5.32 Å². The van der Waals surface area contributed by atoms with Crippen LogP contribution in [-0.4, -0.2) is 169 Å². The molecule has 280 valence electrons. The van der Waals surface area contributed by atoms with E-state index in [0.717, 1.165) is 25.7 Å². The van der Waals surface area contributed by atoms with Crippen molar-refractivity contribution in [1.82, 2.24) is 4.98 Å². The number of hydrogen-bond acceptors (Lipinski definition) is 14. The van der Waals surface area contributed by atoms with Gasteiger partial charge in [-0.1, -0.05) is 0 Å². The van der Waals surface area contributed by atoms with Crippen molar-refractivity contribution in [2.24, 2.45) is 5.92 Å². The van der Waals surface area contributed by atoms with Gasteiger partial charge in [-0.15, -0.1) is 0 Å². The average Bonchev–Trinajstić information content (AvgIpc) is 3.74. The predicted octanol–water partition coefficient (Wildman–Crippen LogP) is 1.17. The summed E-state index contributed by atoms with van der Waals surface area (Å²) in [4.78, 5) is 18.2. The fourth-order valence-corrected chi connectivity index (χ4v) is 11.2. The molecule has 2 aromatic carbocycles. The number of nitrogens with one attached hydrogen (secondary N) is 1. The molecular weight excluding hydrogens is 908 g/mol. The molecular formula is C36H42N2O12Te2. The zero-order valence-corrected chi connectivity index (χ0v) is 33.3. The summed E-state index contributed by atoms with van der Waals surface area (Å²) in [6.45, 7) is 7.14. The summed E-state index contributed by atoms with van der Waals surface area (Å²) < 4.78 is 61.5. The number of ether oxygens (including phenoxy) is 10. The molecule has 0 radical (unpaired) electrons. The molecule has 52 heavy (non-hydrogen) atoms. The molecule has 2 unspecified atom stereocenters. The molecule has 7 rings (SSSR count). The molecule has 4 aliphatic rings. The van der Waals surface area contributed by atoms with E-state index in [1.807, 2.05) is 30.3 Å². The summed E-state index contributed by atoms with van der Waals surface area (Å²) in [6.07, 6.45) is 2.76. The van der Waals surface area contributed by atoms with Gasteiger partial charge in [0, 0.05) is 0 Å². The van der Waals surface area contributed by atoms with Crippen LogP contribution >= 0.6 is 0 Å². The summed E-state index contributed by atoms with van der Waals surface area (Å²) in [5.74, 6) is 1.78. The van der Waals surface area contributed by atoms with Crippen molar-refractivity contribution in [2.75, 3.05) is 111 Å². The molecule has 1 saturated carbocycles. The molecule has 3 aliphatic heterocycles. The number of aromatic nitrogens is 1. The third kappa shape index (κ3) is 10.00. The van der Waals surface area contributed by atoms with E-state index in [1.54, 1.807) is 6.08 Å². The molecule has 4 heterocycles. The minimum atomic E-state index is -0.917. The van der Waals surface area contributed by atoms with Crippen LogP contribution in [0.1, 0.15) is 3.71 Å². The van der Waals surface area contributed by atoms with Crippen molar-refractivity contribution in [3.63, 3.8) is 0 Å². The molecule has 1 aliphatic carbocycles. The molecule has 0 amide bonds. The SMILES string of the molecule is O=C1/C(=C\c2nc3cc4c(cc3[te]2)OCCOCCOCCOCCO4)C(O)C1/C=C1/Nc2cc3c(cc2[Te]1)OCCOCCOCCOCCO3. The molecule has 16 heteroatoms. The summed E-state index contributed by atoms with van der Waals surface area (Å²) in [5, 5.41) is 14.6. The predicted molar refractivity (Wildman–Crippen MR) is 192 cm³/mol. The Bertz CT molecular complexity index is 1650. The van der Waals surface area contributed by atoms with Crippen LogP contribution in [0.4, 0.5) is 5.69 Å². The number of fused-ring (bicyclic) bond motifs is 4. The van der Waals surface area contributed by atoms with Crippen molar-refractivity contribution >= 4 is 71.4 Å². The fourth-order valence-electron chi connectivity index (χ4n) is 5.67. The van der Waals surface area contributed by atoms with Crippen LogP contribution in [-0.2, 0) is 33.2 Å². The third-order valence-corrected chi connectivity index (χ3v) is 13.9. The summed E-state index contributed by atoms with van der Waals surface area (Å²) in [7, 11) is 0. The molecule has 0 saturated heterocycles. The maximum absolute atomic E-state index is 13.4. The van der Waals surface area contributed by atoms with Gasteiger partial charge in [-0.25, -0.2) is 0 Å². The molecule has 2 N–H and O–H groups in total. The van der Waals surface area contributed by atoms with Crippen LogP contribution in [0.15, 0.2) is 39.7 Å². The van der Waals surface area contributed by atoms with Gasteiger partial charge in [0.05, 0.1) is 0 Å². The summed E-state index contributed by atoms with van der Waals surface area (Å²) >= 11 is -1.77. The van der Waals surface area contributed by atoms with Crippen molar-refractivity contribution in [3.8, 4) is 23.0 Å². The number of nitrogens with zero attached hydrogens (tertiary/aromatic N) is 1. The van der Waals surface area contributed by atoms with Gasteiger partial charge in [-0.2, -0.15) is 0 Å². The molecule has 3 aromatic rings. The van der Waals surface area contributed by atoms with Gasteiger partial charge >= 0.3 is 323 Å². The first-order valence-corrected chi connectivity index (χ1v) is 22.0. The van der Waals surface area contributed by atoms with E-state index >= 15 is 0 Å². The second kappa shape index (κ2) is 19.2. The number of Topliss-reactive ketones (excluding diaryl/α,β-unsaturated/α-hetero) is 1. The number of anilines is 1. The van der Waals surface area contributed by atoms with E-state index in [9.17, 15) is 9.90 Å². The van der Waals surface area contributed by atoms with E-state index in [0.29, 0.717) is 134 Å². The third-order valence-electron chi connectivity index (χ3n) is 8.28. The average molecular weight is 950 g/mol. The Balaban J connectivity index is 1.01. The van der Waals surface area contributed by atoms with Crippen LogP contribution in [0, 0.1) is 5.92 Å². The number of hydrogen-bond donors (Lipinski definition) is 2. The van der Waals surface area contributed by atoms with Gasteiger partial charge in [0.1, 0.15) is 0 Å². The van der Waals surface area contributed by atoms with Crippen molar-refractivity contribution in [3.05, 3.63) is 43.4 Å². The number of aliphatic hydroxyl groups excluding tert-OH is 1. The number of aliphatic hydroxyl groups is 1. The Hall–Kier alpha value is -2.44. The monoisotopic (exact) mass is 954 g/mol. The second-order valence-electron chi connectivity index (χ2n) is 11.9. The first-order valence-electron chi connectivity index (χ1n) is 17.3. The Kier molecular flexibility index (Phi) is 14.0. The normalized spacial score (nSPS) is 24.5. The van der Waals surface area contributed by atoms with Gasteiger partial charge in [-0.05, 0) is 0 Å². The minimum absolute atomic E-state index is 0.0884. The first-order chi connectivity index (χ1) is 25.6. The molecule has 1 fully saturated rings. The van der Waals surface area contributed by atoms with Gasteiger partial charge in [0.2, 0.25) is 0 Å². The van der Waals surface area contributed by atoms with Crippen LogP contribution < -0.4 is 27.9 Å². The van der Waals surface area contributed by atoms with E-state index in [-0.39, 0.29) is 5.78 Å². The Morgan fingerprint density at radius 2 is 1.13 bits per heavy atom. The van der Waals surface area contributed by atoms with Crippen LogP contribution in [0.25, 0.3) is 15.0 Å². The fraction of sp³-hybridized carbons (Fsp3) is 0.500. The van der Waals surface area contributed by atoms with Gasteiger partial charge in [0.25, 0.3) is 0 Å². The van der Waals surface area contributed by atoms with Gasteiger partial charge < -0.3 is 0 Å². The first kappa shape index (κ1) is 37.9. The molecule has 1 aromatic heterocycles. The maximum atomic E-state index is 13.4. The second-order valence-corrected chi connectivity index (χ2v) is 18.0. The molecule has 2 atom stereocenters. The standard InChI is InChI=1S/C36H42N2O12Te2/c39-35-23(17-33-37-25-19-27-29(21-31(25)51-33)49-15-11-45-7-3-41-1-5-43-9-13-47-27)36(40)24(35)18-34-38-26-20-28-30(22-32(26)52-34)50-16-12-46-8-4-42-2-6-44-10-14-48-28/h17-23,35,37,39H,1-16H2/b24-18-,33-17-. The van der Waals surface area contributed by atoms with Gasteiger partial charge in [0.15, 0.2) is 0 Å². The molecule has 0 spiro atoms. The topological polar surface area (TPSA) is 155 Å². The van der Waals surface area contributed by atoms with E-state index in [1.165, 1.54) is 0 Å². The zero-order valence-electron chi connectivity index (χ0n) is 28.6. The molecule has 0 bridgehead atoms. The number of carbonyl (C=O) groups excluding carboxylic acids is 1. The number of benzene rings is 2. The van der Waals surface area contributed by atoms with E-state index in [4.69, 9.17) is 52.4 Å². The number of rotatable bonds is 2. The van der Waals surface area contributed by atoms with Crippen LogP contribution in [0.2, 0.25) is 0 Å². The van der Waals surface area contributed by atoms with Crippen LogP contribution in [0.3, 0.4) is 0 Å². The van der Waals surface area contributed by atoms with Gasteiger partial charge in [-0.3, -0.25) is 0 Å². The summed E-state index contributed by atoms with van der Waals surface area (Å²) in [6, 6.07) is 7.81. The quantitative estimate of drug-likeness (QED) is 0.279. The van der Waals surface area contributed by atoms with E-state index < -0.39 is 53.4 Å². The van der Waals surface area contributed by atoms with Crippen molar-refractivity contribution in [2.45, 2.75) is 6.10 Å². The number of ketones is 1. The Morgan fingerprint density at radius 1 is 0.654 bits per heavy atom.